The molecule has 3 aromatic carbocycles. The summed E-state index contributed by atoms with van der Waals surface area (Å²) in [5, 5.41) is 11.6. The summed E-state index contributed by atoms with van der Waals surface area (Å²) in [6.45, 7) is 5.36. The van der Waals surface area contributed by atoms with Crippen molar-refractivity contribution in [2.24, 2.45) is 0 Å². The Hall–Kier alpha value is -4.47. The maximum absolute atomic E-state index is 17.0. The molecule has 3 aliphatic rings. The van der Waals surface area contributed by atoms with E-state index >= 15 is 4.39 Å². The van der Waals surface area contributed by atoms with Crippen molar-refractivity contribution in [1.29, 1.82) is 5.26 Å². The topological polar surface area (TPSA) is 85.6 Å². The van der Waals surface area contributed by atoms with Gasteiger partial charge in [0.1, 0.15) is 17.9 Å². The number of carbonyl (C=O) groups is 1. The first-order chi connectivity index (χ1) is 23.4. The Balaban J connectivity index is 1.35. The maximum atomic E-state index is 17.0. The summed E-state index contributed by atoms with van der Waals surface area (Å²) in [4.78, 5) is 26.5. The average Bonchev–Trinajstić information content (AvgIpc) is 3.55. The van der Waals surface area contributed by atoms with Gasteiger partial charge in [0.25, 0.3) is 11.8 Å². The van der Waals surface area contributed by atoms with E-state index in [0.29, 0.717) is 18.5 Å². The number of hydrogen-bond donors (Lipinski definition) is 0. The molecule has 0 saturated carbocycles. The van der Waals surface area contributed by atoms with Gasteiger partial charge < -0.3 is 14.5 Å². The molecule has 0 spiro atoms. The first-order valence-electron chi connectivity index (χ1n) is 16.1. The summed E-state index contributed by atoms with van der Waals surface area (Å²) in [7, 11) is 0. The molecule has 49 heavy (non-hydrogen) atoms. The van der Waals surface area contributed by atoms with Crippen molar-refractivity contribution in [3.63, 3.8) is 0 Å². The number of nitrogens with zero attached hydrogens (tertiary/aromatic N) is 6. The molecule has 3 saturated heterocycles. The fraction of sp³-hybridized carbons (Fsp3) is 0.389. The van der Waals surface area contributed by atoms with Crippen LogP contribution in [-0.4, -0.2) is 82.5 Å². The van der Waals surface area contributed by atoms with Gasteiger partial charge in [-0.2, -0.15) is 15.2 Å². The van der Waals surface area contributed by atoms with Crippen LogP contribution in [-0.2, 0) is 4.79 Å². The second-order valence-corrected chi connectivity index (χ2v) is 13.6. The lowest BCUT2D eigenvalue weighted by Gasteiger charge is -2.41. The minimum absolute atomic E-state index is 0.0343. The van der Waals surface area contributed by atoms with Crippen molar-refractivity contribution in [2.75, 3.05) is 44.2 Å². The smallest absolute Gasteiger partial charge is 0.319 e. The molecule has 0 aliphatic carbocycles. The van der Waals surface area contributed by atoms with Gasteiger partial charge in [-0.15, -0.1) is 0 Å². The van der Waals surface area contributed by atoms with Crippen LogP contribution in [0.3, 0.4) is 0 Å². The van der Waals surface area contributed by atoms with Gasteiger partial charge >= 0.3 is 6.01 Å². The van der Waals surface area contributed by atoms with E-state index in [-0.39, 0.29) is 78.9 Å². The molecular weight excluding hydrogens is 660 g/mol. The van der Waals surface area contributed by atoms with Crippen LogP contribution >= 0.6 is 11.6 Å². The van der Waals surface area contributed by atoms with E-state index < -0.39 is 35.1 Å². The molecule has 2 atom stereocenters. The Morgan fingerprint density at radius 2 is 1.96 bits per heavy atom. The van der Waals surface area contributed by atoms with Gasteiger partial charge in [0.15, 0.2) is 11.6 Å². The Morgan fingerprint density at radius 1 is 1.18 bits per heavy atom. The van der Waals surface area contributed by atoms with Crippen molar-refractivity contribution in [1.82, 2.24) is 19.8 Å². The van der Waals surface area contributed by atoms with Gasteiger partial charge in [-0.1, -0.05) is 54.6 Å². The van der Waals surface area contributed by atoms with E-state index in [1.807, 2.05) is 43.3 Å². The molecule has 7 rings (SSSR count). The molecule has 3 aliphatic heterocycles. The largest absolute Gasteiger partial charge is 0.461 e. The summed E-state index contributed by atoms with van der Waals surface area (Å²) < 4.78 is 66.1. The zero-order chi connectivity index (χ0) is 34.7. The van der Waals surface area contributed by atoms with Crippen molar-refractivity contribution in [2.45, 2.75) is 50.1 Å². The van der Waals surface area contributed by atoms with Crippen LogP contribution in [0.15, 0.2) is 54.9 Å². The number of carbonyl (C=O) groups excluding carboxylic acids is 1. The summed E-state index contributed by atoms with van der Waals surface area (Å²) in [5.74, 6) is -5.38. The van der Waals surface area contributed by atoms with Crippen LogP contribution in [0.5, 0.6) is 6.01 Å². The normalized spacial score (nSPS) is 22.0. The maximum Gasteiger partial charge on any atom is 0.319 e. The van der Waals surface area contributed by atoms with Gasteiger partial charge in [0.2, 0.25) is 0 Å². The molecule has 13 heteroatoms. The molecule has 4 heterocycles. The summed E-state index contributed by atoms with van der Waals surface area (Å²) in [6.07, 6.45) is 0.802. The third-order valence-corrected chi connectivity index (χ3v) is 10.3. The third-order valence-electron chi connectivity index (χ3n) is 10.0. The zero-order valence-electron chi connectivity index (χ0n) is 26.8. The Bertz CT molecular complexity index is 2050. The van der Waals surface area contributed by atoms with Crippen molar-refractivity contribution < 1.29 is 27.1 Å². The highest BCUT2D eigenvalue weighted by Crippen LogP contribution is 2.47. The van der Waals surface area contributed by atoms with E-state index in [0.717, 1.165) is 22.8 Å². The Labute approximate surface area is 285 Å². The van der Waals surface area contributed by atoms with Gasteiger partial charge in [-0.05, 0) is 54.3 Å². The first kappa shape index (κ1) is 33.0. The number of amides is 1. The van der Waals surface area contributed by atoms with Crippen LogP contribution in [0.25, 0.3) is 32.8 Å². The predicted octanol–water partition coefficient (Wildman–Crippen LogP) is 7.22. The number of benzene rings is 3. The highest BCUT2D eigenvalue weighted by molar-refractivity contribution is 6.35. The third kappa shape index (κ3) is 5.82. The van der Waals surface area contributed by atoms with E-state index in [9.17, 15) is 23.2 Å². The molecule has 254 valence electrons. The monoisotopic (exact) mass is 692 g/mol. The molecule has 3 fully saturated rings. The van der Waals surface area contributed by atoms with Gasteiger partial charge in [0.05, 0.1) is 35.6 Å². The van der Waals surface area contributed by atoms with E-state index in [4.69, 9.17) is 16.3 Å². The lowest BCUT2D eigenvalue weighted by Crippen LogP contribution is -2.55. The number of halogens is 5. The molecule has 1 amide bonds. The highest BCUT2D eigenvalue weighted by Gasteiger charge is 2.57. The molecular formula is C36H33ClF4N6O2. The minimum atomic E-state index is -2.86. The van der Waals surface area contributed by atoms with Gasteiger partial charge in [0, 0.05) is 37.0 Å². The van der Waals surface area contributed by atoms with Gasteiger partial charge in [-0.3, -0.25) is 9.69 Å². The van der Waals surface area contributed by atoms with Crippen molar-refractivity contribution in [3.05, 3.63) is 71.3 Å². The first-order valence-corrected chi connectivity index (χ1v) is 16.5. The number of aromatic nitrogens is 2. The number of piperazine rings is 1. The van der Waals surface area contributed by atoms with Crippen molar-refractivity contribution >= 4 is 45.0 Å². The number of fused-ring (bicyclic) bond motifs is 3. The number of anilines is 1. The molecule has 8 nitrogen and oxygen atoms in total. The average molecular weight is 693 g/mol. The van der Waals surface area contributed by atoms with Crippen LogP contribution in [0.4, 0.5) is 23.4 Å². The molecule has 4 aromatic rings. The van der Waals surface area contributed by atoms with E-state index in [1.165, 1.54) is 4.90 Å². The number of hydrogen-bond acceptors (Lipinski definition) is 7. The lowest BCUT2D eigenvalue weighted by atomic mass is 9.94. The molecule has 0 unspecified atom stereocenters. The standard InChI is InChI=1S/C36H33ClF4N6O2/c1-21-6-3-7-23-8-4-9-25(28(21)23)29-27(37)16-26-31(30(29)39)43-34(49-20-35-11-5-13-46(35)19-36(40,41)18-35)44-32(26)45-14-15-47(33(48)22(2)38)24(17-45)10-12-42/h3-4,6-9,16,24H,2,5,10-11,13-15,17-20H2,1H3/t24-,35-/m0/s1. The Morgan fingerprint density at radius 3 is 2.71 bits per heavy atom. The minimum Gasteiger partial charge on any atom is -0.461 e. The SMILES string of the molecule is C=C(F)C(=O)N1CCN(c2nc(OC[C@@]34CCCN3CC(F)(F)C4)nc3c(F)c(-c4cccc5cccc(C)c45)c(Cl)cc23)C[C@@H]1CC#N. The second-order valence-electron chi connectivity index (χ2n) is 13.2. The van der Waals surface area contributed by atoms with Crippen LogP contribution in [0.2, 0.25) is 5.02 Å². The van der Waals surface area contributed by atoms with Crippen LogP contribution < -0.4 is 9.64 Å². The number of alkyl halides is 2. The number of ether oxygens (including phenoxy) is 1. The second kappa shape index (κ2) is 12.4. The number of aryl methyl sites for hydroxylation is 1. The molecule has 0 bridgehead atoms. The summed E-state index contributed by atoms with van der Waals surface area (Å²) >= 11 is 6.89. The van der Waals surface area contributed by atoms with Crippen LogP contribution in [0, 0.1) is 24.1 Å². The number of rotatable bonds is 7. The van der Waals surface area contributed by atoms with Crippen molar-refractivity contribution in [3.8, 4) is 23.2 Å². The van der Waals surface area contributed by atoms with Crippen LogP contribution in [0.1, 0.15) is 31.2 Å². The van der Waals surface area contributed by atoms with Gasteiger partial charge in [-0.25, -0.2) is 17.6 Å². The summed E-state index contributed by atoms with van der Waals surface area (Å²) in [5.41, 5.74) is 0.653. The van der Waals surface area contributed by atoms with E-state index in [2.05, 4.69) is 16.5 Å². The fourth-order valence-corrected chi connectivity index (χ4v) is 8.17. The highest BCUT2D eigenvalue weighted by atomic mass is 35.5. The quantitative estimate of drug-likeness (QED) is 0.149. The summed E-state index contributed by atoms with van der Waals surface area (Å²) in [6, 6.07) is 14.0. The zero-order valence-corrected chi connectivity index (χ0v) is 27.5. The molecule has 0 N–H and O–H groups in total. The Kier molecular flexibility index (Phi) is 8.40. The molecule has 1 aromatic heterocycles. The lowest BCUT2D eigenvalue weighted by molar-refractivity contribution is -0.131. The van der Waals surface area contributed by atoms with E-state index in [1.54, 1.807) is 21.9 Å². The molecule has 0 radical (unpaired) electrons. The predicted molar refractivity (Wildman–Crippen MR) is 179 cm³/mol. The fourth-order valence-electron chi connectivity index (χ4n) is 7.87. The number of nitriles is 1.